The normalized spacial score (nSPS) is 87.0. The van der Waals surface area contributed by atoms with Gasteiger partial charge in [-0.25, -0.2) is 0 Å². The van der Waals surface area contributed by atoms with Gasteiger partial charge in [0.15, 0.2) is 0 Å². The van der Waals surface area contributed by atoms with Crippen molar-refractivity contribution in [1.82, 2.24) is 0 Å². The van der Waals surface area contributed by atoms with Crippen molar-refractivity contribution < 1.29 is 11.4 Å². The van der Waals surface area contributed by atoms with Gasteiger partial charge in [-0.3, -0.25) is 0 Å². The van der Waals surface area contributed by atoms with Gasteiger partial charge >= 0.3 is 144 Å². The molecule has 0 aromatic heterocycles. The molecule has 27 heavy (non-hydrogen) atoms. The summed E-state index contributed by atoms with van der Waals surface area (Å²) in [5.41, 5.74) is 7.57. The molecule has 12 aliphatic rings. The molecule has 0 saturated carbocycles. The predicted octanol–water partition coefficient (Wildman–Crippen LogP) is 7.78. The van der Waals surface area contributed by atoms with E-state index < -0.39 is 11.4 Å². The summed E-state index contributed by atoms with van der Waals surface area (Å²) in [5.74, 6) is 0. The van der Waals surface area contributed by atoms with Crippen molar-refractivity contribution in [3.05, 3.63) is 71.9 Å². The van der Waals surface area contributed by atoms with Crippen molar-refractivity contribution in [2.45, 2.75) is 60.9 Å². The molecule has 10 aliphatic heterocycles. The Morgan fingerprint density at radius 1 is 0.778 bits per heavy atom. The molecule has 134 valence electrons. The van der Waals surface area contributed by atoms with Crippen LogP contribution in [0.25, 0.3) is 0 Å². The number of hydrogen-bond donors (Lipinski definition) is 0. The summed E-state index contributed by atoms with van der Waals surface area (Å²) >= 11 is -4.02. The monoisotopic (exact) mass is 428 g/mol. The summed E-state index contributed by atoms with van der Waals surface area (Å²) < 4.78 is 12.8. The second-order valence-corrected chi connectivity index (χ2v) is 68.7. The Hall–Kier alpha value is -0.677. The first kappa shape index (κ1) is 12.1. The maximum atomic E-state index is 4.12. The minimum absolute atomic E-state index is 0.855. The van der Waals surface area contributed by atoms with Crippen LogP contribution < -0.4 is 0 Å². The van der Waals surface area contributed by atoms with Crippen LogP contribution in [0.2, 0.25) is 35.3 Å². The van der Waals surface area contributed by atoms with Gasteiger partial charge in [0.2, 0.25) is 0 Å². The van der Waals surface area contributed by atoms with Crippen molar-refractivity contribution in [3.8, 4) is 0 Å². The van der Waals surface area contributed by atoms with Crippen LogP contribution in [-0.4, -0.2) is 0 Å². The second-order valence-electron chi connectivity index (χ2n) is 17.0. The molecule has 0 aromatic carbocycles. The van der Waals surface area contributed by atoms with E-state index in [1.807, 2.05) is 11.1 Å². The molecule has 4 unspecified atom stereocenters. The zero-order chi connectivity index (χ0) is 17.3. The zero-order valence-corrected chi connectivity index (χ0v) is 18.3. The third kappa shape index (κ3) is 0.197. The van der Waals surface area contributed by atoms with Crippen molar-refractivity contribution in [3.63, 3.8) is 0 Å². The molecule has 12 rings (SSSR count). The first-order chi connectivity index (χ1) is 13.0. The quantitative estimate of drug-likeness (QED) is 0.378. The molecule has 0 amide bonds. The van der Waals surface area contributed by atoms with Gasteiger partial charge in [0.25, 0.3) is 0 Å². The summed E-state index contributed by atoms with van der Waals surface area (Å²) in [6.45, 7) is 8.24. The molecule has 10 fully saturated rings. The maximum absolute atomic E-state index is 4.12. The number of fused-ring (bicyclic) bond motifs is 10. The van der Waals surface area contributed by atoms with E-state index >= 15 is 0 Å². The van der Waals surface area contributed by atoms with E-state index in [1.54, 1.807) is 11.1 Å². The molecular weight excluding hydrogens is 404 g/mol. The third-order valence-corrected chi connectivity index (χ3v) is 120. The topological polar surface area (TPSA) is 0 Å². The van der Waals surface area contributed by atoms with Gasteiger partial charge in [-0.05, 0) is 0 Å². The predicted molar refractivity (Wildman–Crippen MR) is 107 cm³/mol. The van der Waals surface area contributed by atoms with Gasteiger partial charge in [-0.1, -0.05) is 0 Å². The standard InChI is InChI=1S/C21H21.C5H5.Zr/c1-3-8-16-10-5-12-18(16)20-14-7-15-21(20)19-13-6-11-17(19)9-4-2;1-2-4-5-3-1;/h3-7,10-11,14-15H,1-2,8-9,12-13H2;1-5H;. The van der Waals surface area contributed by atoms with Crippen LogP contribution in [0.4, 0.5) is 0 Å². The van der Waals surface area contributed by atoms with Gasteiger partial charge < -0.3 is 0 Å². The Bertz CT molecular complexity index is 1430. The minimum atomic E-state index is -4.02. The number of rotatable bonds is 6. The Kier molecular flexibility index (Phi) is 0.642. The van der Waals surface area contributed by atoms with E-state index in [-0.39, 0.29) is 0 Å². The fourth-order valence-electron chi connectivity index (χ4n) is 29.0. The van der Waals surface area contributed by atoms with Gasteiger partial charge in [0, 0.05) is 0 Å². The number of hydrogen-bond acceptors (Lipinski definition) is 0. The van der Waals surface area contributed by atoms with Gasteiger partial charge in [0.1, 0.15) is 0 Å². The molecule has 0 aromatic rings. The Morgan fingerprint density at radius 2 is 1.22 bits per heavy atom. The molecule has 0 bridgehead atoms. The molecule has 0 N–H and O–H groups in total. The summed E-state index contributed by atoms with van der Waals surface area (Å²) in [5, 5.41) is 0. The van der Waals surface area contributed by atoms with Crippen LogP contribution in [0, 0.1) is 0 Å². The van der Waals surface area contributed by atoms with E-state index in [0.29, 0.717) is 0 Å². The first-order valence-corrected chi connectivity index (χ1v) is 25.9. The van der Waals surface area contributed by atoms with E-state index in [0.717, 1.165) is 19.1 Å². The van der Waals surface area contributed by atoms with Gasteiger partial charge in [0.05, 0.1) is 0 Å². The van der Waals surface area contributed by atoms with Crippen molar-refractivity contribution in [2.24, 2.45) is 0 Å². The Morgan fingerprint density at radius 3 is 1.56 bits per heavy atom. The third-order valence-electron chi connectivity index (χ3n) is 24.2. The van der Waals surface area contributed by atoms with Crippen LogP contribution in [0.15, 0.2) is 71.9 Å². The summed E-state index contributed by atoms with van der Waals surface area (Å²) in [7, 11) is 0. The molecule has 2 aliphatic carbocycles. The molecule has 0 nitrogen and oxygen atoms in total. The zero-order valence-electron chi connectivity index (χ0n) is 15.8. The second kappa shape index (κ2) is 1.43. The summed E-state index contributed by atoms with van der Waals surface area (Å²) in [6, 6.07) is 0. The first-order valence-electron chi connectivity index (χ1n) is 12.1. The summed E-state index contributed by atoms with van der Waals surface area (Å²) in [4.78, 5) is 0. The van der Waals surface area contributed by atoms with Gasteiger partial charge in [-0.2, -0.15) is 0 Å². The van der Waals surface area contributed by atoms with E-state index in [2.05, 4.69) is 49.6 Å². The van der Waals surface area contributed by atoms with E-state index in [1.165, 1.54) is 41.8 Å². The Balaban J connectivity index is 1.31. The molecule has 4 atom stereocenters. The average molecular weight is 430 g/mol. The van der Waals surface area contributed by atoms with Crippen molar-refractivity contribution in [1.29, 1.82) is 0 Å². The van der Waals surface area contributed by atoms with Crippen LogP contribution >= 0.6 is 0 Å². The number of allylic oxidation sites excluding steroid dienone is 10. The molecule has 1 heteroatoms. The van der Waals surface area contributed by atoms with E-state index in [4.69, 9.17) is 0 Å². The van der Waals surface area contributed by atoms with Crippen LogP contribution in [0.5, 0.6) is 0 Å². The average Bonchev–Trinajstić information content (AvgIpc) is 3.51. The SMILES string of the molecule is C=CCC1=C([C]23[CH]4[CH]5[CH]6[C]2(C2=C(CC=C)C=CC2)[Zr]54632789[CH]3[CH]2[CH]7[CH]8[CH]39)CC=C1. The summed E-state index contributed by atoms with van der Waals surface area (Å²) in [6.07, 6.45) is 19.4. The molecule has 0 radical (unpaired) electrons. The van der Waals surface area contributed by atoms with Crippen LogP contribution in [0.3, 0.4) is 0 Å². The van der Waals surface area contributed by atoms with Crippen molar-refractivity contribution >= 4 is 0 Å². The molecule has 10 heterocycles. The molecule has 10 saturated heterocycles. The van der Waals surface area contributed by atoms with Crippen LogP contribution in [-0.2, 0) is 11.4 Å². The fourth-order valence-corrected chi connectivity index (χ4v) is 257. The van der Waals surface area contributed by atoms with Crippen LogP contribution in [0.1, 0.15) is 25.7 Å². The molecular formula is C26H26Zr. The van der Waals surface area contributed by atoms with E-state index in [9.17, 15) is 0 Å². The Labute approximate surface area is 143 Å². The molecule has 1 spiro atoms. The van der Waals surface area contributed by atoms with Gasteiger partial charge in [-0.15, -0.1) is 0 Å². The fraction of sp³-hybridized carbons (Fsp3) is 0.538. The van der Waals surface area contributed by atoms with Crippen molar-refractivity contribution in [2.75, 3.05) is 0 Å².